The summed E-state index contributed by atoms with van der Waals surface area (Å²) in [5.41, 5.74) is 0. The molecule has 2 heterocycles. The fourth-order valence-corrected chi connectivity index (χ4v) is 3.18. The second-order valence-electron chi connectivity index (χ2n) is 2.67. The average Bonchev–Trinajstić information content (AvgIpc) is 2.67. The Balaban J connectivity index is 2.56. The van der Waals surface area contributed by atoms with Crippen molar-refractivity contribution in [2.75, 3.05) is 7.11 Å². The standard InChI is InChI=1S/C9H8O2S2/c1-5-6-3-7(9(10)11-2)13-8(6)4-12-5/h3-4H,1-2H3. The molecule has 0 unspecified atom stereocenters. The third kappa shape index (κ3) is 1.36. The van der Waals surface area contributed by atoms with Crippen LogP contribution < -0.4 is 0 Å². The average molecular weight is 212 g/mol. The number of carbonyl (C=O) groups is 1. The van der Waals surface area contributed by atoms with E-state index in [1.165, 1.54) is 33.4 Å². The number of carbonyl (C=O) groups excluding carboxylic acids is 1. The third-order valence-corrected chi connectivity index (χ3v) is 4.01. The van der Waals surface area contributed by atoms with Crippen molar-refractivity contribution in [3.05, 3.63) is 21.2 Å². The molecule has 0 fully saturated rings. The summed E-state index contributed by atoms with van der Waals surface area (Å²) < 4.78 is 5.82. The predicted molar refractivity (Wildman–Crippen MR) is 55.8 cm³/mol. The van der Waals surface area contributed by atoms with Crippen LogP contribution in [0.2, 0.25) is 0 Å². The zero-order valence-electron chi connectivity index (χ0n) is 7.29. The maximum absolute atomic E-state index is 11.2. The first-order valence-corrected chi connectivity index (χ1v) is 5.48. The molecule has 0 amide bonds. The van der Waals surface area contributed by atoms with Crippen LogP contribution in [0.4, 0.5) is 0 Å². The Kier molecular flexibility index (Phi) is 2.09. The van der Waals surface area contributed by atoms with E-state index in [-0.39, 0.29) is 5.97 Å². The predicted octanol–water partition coefficient (Wildman–Crippen LogP) is 3.06. The maximum Gasteiger partial charge on any atom is 0.348 e. The van der Waals surface area contributed by atoms with Crippen LogP contribution in [-0.4, -0.2) is 13.1 Å². The van der Waals surface area contributed by atoms with Crippen molar-refractivity contribution < 1.29 is 9.53 Å². The zero-order chi connectivity index (χ0) is 9.42. The van der Waals surface area contributed by atoms with Crippen LogP contribution in [0.1, 0.15) is 14.5 Å². The molecule has 0 aliphatic rings. The minimum Gasteiger partial charge on any atom is -0.465 e. The number of fused-ring (bicyclic) bond motifs is 1. The molecule has 0 radical (unpaired) electrons. The van der Waals surface area contributed by atoms with E-state index in [1.807, 2.05) is 6.07 Å². The fraction of sp³-hybridized carbons (Fsp3) is 0.222. The maximum atomic E-state index is 11.2. The molecule has 4 heteroatoms. The van der Waals surface area contributed by atoms with E-state index >= 15 is 0 Å². The van der Waals surface area contributed by atoms with Gasteiger partial charge in [-0.3, -0.25) is 0 Å². The first-order chi connectivity index (χ1) is 6.22. The van der Waals surface area contributed by atoms with E-state index in [0.717, 1.165) is 0 Å². The van der Waals surface area contributed by atoms with Gasteiger partial charge in [0.1, 0.15) is 4.88 Å². The Labute approximate surface area is 83.8 Å². The molecule has 0 aliphatic carbocycles. The minimum atomic E-state index is -0.245. The summed E-state index contributed by atoms with van der Waals surface area (Å²) >= 11 is 3.20. The smallest absolute Gasteiger partial charge is 0.348 e. The van der Waals surface area contributed by atoms with Gasteiger partial charge in [-0.05, 0) is 13.0 Å². The Bertz CT molecular complexity index is 453. The molecule has 0 aliphatic heterocycles. The molecule has 0 aromatic carbocycles. The number of esters is 1. The summed E-state index contributed by atoms with van der Waals surface area (Å²) in [4.78, 5) is 13.1. The highest BCUT2D eigenvalue weighted by atomic mass is 32.1. The van der Waals surface area contributed by atoms with Crippen molar-refractivity contribution >= 4 is 38.7 Å². The van der Waals surface area contributed by atoms with Gasteiger partial charge >= 0.3 is 5.97 Å². The number of aryl methyl sites for hydroxylation is 1. The summed E-state index contributed by atoms with van der Waals surface area (Å²) in [5.74, 6) is -0.245. The molecule has 13 heavy (non-hydrogen) atoms. The van der Waals surface area contributed by atoms with Crippen molar-refractivity contribution in [1.82, 2.24) is 0 Å². The number of thiophene rings is 2. The normalized spacial score (nSPS) is 10.6. The van der Waals surface area contributed by atoms with Gasteiger partial charge < -0.3 is 4.74 Å². The van der Waals surface area contributed by atoms with E-state index < -0.39 is 0 Å². The van der Waals surface area contributed by atoms with E-state index in [2.05, 4.69) is 17.0 Å². The van der Waals surface area contributed by atoms with E-state index in [4.69, 9.17) is 0 Å². The van der Waals surface area contributed by atoms with Gasteiger partial charge in [0.15, 0.2) is 0 Å². The summed E-state index contributed by atoms with van der Waals surface area (Å²) in [6.07, 6.45) is 0. The molecule has 0 N–H and O–H groups in total. The lowest BCUT2D eigenvalue weighted by Gasteiger charge is -1.91. The van der Waals surface area contributed by atoms with Crippen molar-refractivity contribution in [2.45, 2.75) is 6.92 Å². The van der Waals surface area contributed by atoms with Crippen molar-refractivity contribution in [2.24, 2.45) is 0 Å². The summed E-state index contributed by atoms with van der Waals surface area (Å²) in [6, 6.07) is 1.90. The molecule has 2 rings (SSSR count). The molecule has 0 saturated carbocycles. The van der Waals surface area contributed by atoms with Crippen LogP contribution in [0.15, 0.2) is 11.4 Å². The molecule has 2 aromatic rings. The Morgan fingerprint density at radius 3 is 2.92 bits per heavy atom. The molecule has 2 aromatic heterocycles. The van der Waals surface area contributed by atoms with Crippen LogP contribution in [0, 0.1) is 6.92 Å². The minimum absolute atomic E-state index is 0.245. The first-order valence-electron chi connectivity index (χ1n) is 3.78. The third-order valence-electron chi connectivity index (χ3n) is 1.87. The Morgan fingerprint density at radius 2 is 2.31 bits per heavy atom. The molecule has 0 spiro atoms. The monoisotopic (exact) mass is 212 g/mol. The van der Waals surface area contributed by atoms with Crippen LogP contribution in [0.25, 0.3) is 10.1 Å². The molecule has 2 nitrogen and oxygen atoms in total. The van der Waals surface area contributed by atoms with Gasteiger partial charge in [0.2, 0.25) is 0 Å². The second kappa shape index (κ2) is 3.12. The molecular formula is C9H8O2S2. The summed E-state index contributed by atoms with van der Waals surface area (Å²) in [7, 11) is 1.40. The van der Waals surface area contributed by atoms with Gasteiger partial charge in [0.05, 0.1) is 7.11 Å². The number of rotatable bonds is 1. The van der Waals surface area contributed by atoms with E-state index in [9.17, 15) is 4.79 Å². The fourth-order valence-electron chi connectivity index (χ4n) is 1.17. The van der Waals surface area contributed by atoms with Crippen LogP contribution in [0.3, 0.4) is 0 Å². The molecule has 0 atom stereocenters. The quantitative estimate of drug-likeness (QED) is 0.679. The van der Waals surface area contributed by atoms with Gasteiger partial charge in [0, 0.05) is 20.3 Å². The second-order valence-corrected chi connectivity index (χ2v) is 4.84. The molecule has 0 saturated heterocycles. The summed E-state index contributed by atoms with van der Waals surface area (Å²) in [6.45, 7) is 2.06. The highest BCUT2D eigenvalue weighted by Gasteiger charge is 2.11. The van der Waals surface area contributed by atoms with E-state index in [1.54, 1.807) is 11.3 Å². The van der Waals surface area contributed by atoms with Gasteiger partial charge in [-0.1, -0.05) is 0 Å². The molecular weight excluding hydrogens is 204 g/mol. The van der Waals surface area contributed by atoms with Crippen molar-refractivity contribution in [1.29, 1.82) is 0 Å². The number of hydrogen-bond acceptors (Lipinski definition) is 4. The number of hydrogen-bond donors (Lipinski definition) is 0. The lowest BCUT2D eigenvalue weighted by Crippen LogP contribution is -1.96. The SMILES string of the molecule is COC(=O)c1cc2c(C)scc2s1. The van der Waals surface area contributed by atoms with Gasteiger partial charge in [-0.2, -0.15) is 0 Å². The zero-order valence-corrected chi connectivity index (χ0v) is 8.92. The van der Waals surface area contributed by atoms with Gasteiger partial charge in [0.25, 0.3) is 0 Å². The number of ether oxygens (including phenoxy) is 1. The van der Waals surface area contributed by atoms with Gasteiger partial charge in [-0.25, -0.2) is 4.79 Å². The Morgan fingerprint density at radius 1 is 1.54 bits per heavy atom. The van der Waals surface area contributed by atoms with Crippen LogP contribution in [-0.2, 0) is 4.74 Å². The van der Waals surface area contributed by atoms with Crippen molar-refractivity contribution in [3.8, 4) is 0 Å². The van der Waals surface area contributed by atoms with Gasteiger partial charge in [-0.15, -0.1) is 22.7 Å². The lowest BCUT2D eigenvalue weighted by atomic mass is 10.3. The largest absolute Gasteiger partial charge is 0.465 e. The van der Waals surface area contributed by atoms with Crippen LogP contribution >= 0.6 is 22.7 Å². The highest BCUT2D eigenvalue weighted by molar-refractivity contribution is 7.24. The molecule has 68 valence electrons. The topological polar surface area (TPSA) is 26.3 Å². The van der Waals surface area contributed by atoms with E-state index in [0.29, 0.717) is 4.88 Å². The van der Waals surface area contributed by atoms with Crippen molar-refractivity contribution in [3.63, 3.8) is 0 Å². The lowest BCUT2D eigenvalue weighted by molar-refractivity contribution is 0.0606. The summed E-state index contributed by atoms with van der Waals surface area (Å²) in [5, 5.41) is 3.25. The Hall–Kier alpha value is -0.870. The first kappa shape index (κ1) is 8.72. The molecule has 0 bridgehead atoms. The number of methoxy groups -OCH3 is 1. The highest BCUT2D eigenvalue weighted by Crippen LogP contribution is 2.32. The van der Waals surface area contributed by atoms with Crippen LogP contribution in [0.5, 0.6) is 0 Å².